The summed E-state index contributed by atoms with van der Waals surface area (Å²) in [5.41, 5.74) is 1.84. The lowest BCUT2D eigenvalue weighted by atomic mass is 10.2. The van der Waals surface area contributed by atoms with Gasteiger partial charge in [-0.15, -0.1) is 5.92 Å². The molecule has 3 heterocycles. The number of rotatable bonds is 4. The average molecular weight is 372 g/mol. The molecule has 0 saturated carbocycles. The van der Waals surface area contributed by atoms with Crippen LogP contribution in [0.4, 0.5) is 15.6 Å². The van der Waals surface area contributed by atoms with Crippen molar-refractivity contribution in [3.05, 3.63) is 12.1 Å². The maximum Gasteiger partial charge on any atom is 0.324 e. The van der Waals surface area contributed by atoms with Gasteiger partial charge in [0.25, 0.3) is 0 Å². The zero-order chi connectivity index (χ0) is 18.1. The van der Waals surface area contributed by atoms with Crippen LogP contribution in [0.1, 0.15) is 6.92 Å². The summed E-state index contributed by atoms with van der Waals surface area (Å²) in [7, 11) is 1.70. The van der Waals surface area contributed by atoms with Gasteiger partial charge in [-0.05, 0) is 19.1 Å². The van der Waals surface area contributed by atoms with Gasteiger partial charge >= 0.3 is 6.03 Å². The van der Waals surface area contributed by atoms with Crippen molar-refractivity contribution in [1.29, 1.82) is 0 Å². The van der Waals surface area contributed by atoms with E-state index in [-0.39, 0.29) is 12.1 Å². The SMILES string of the molecule is CC#C[C@@H]1CNC(=O)N1c1nc2c3c(ccc2s1)OCCN3CCOC. The van der Waals surface area contributed by atoms with Crippen LogP contribution in [0.15, 0.2) is 12.1 Å². The number of nitrogens with one attached hydrogen (secondary N) is 1. The number of urea groups is 1. The standard InChI is InChI=1S/C18H20N4O3S/c1-3-4-12-11-19-17(23)22(12)18-20-15-14(26-18)6-5-13-16(15)21(7-9-24-2)8-10-25-13/h5-6,12H,7-11H2,1-2H3,(H,19,23)/t12-/m1/s1. The van der Waals surface area contributed by atoms with Crippen molar-refractivity contribution >= 4 is 38.4 Å². The first-order valence-electron chi connectivity index (χ1n) is 8.52. The van der Waals surface area contributed by atoms with Crippen molar-refractivity contribution in [3.63, 3.8) is 0 Å². The van der Waals surface area contributed by atoms with E-state index < -0.39 is 0 Å². The molecule has 2 aliphatic heterocycles. The van der Waals surface area contributed by atoms with Gasteiger partial charge in [0.1, 0.15) is 29.6 Å². The molecule has 0 spiro atoms. The third kappa shape index (κ3) is 2.83. The van der Waals surface area contributed by atoms with Crippen molar-refractivity contribution in [2.45, 2.75) is 13.0 Å². The number of carbonyl (C=O) groups is 1. The van der Waals surface area contributed by atoms with Crippen molar-refractivity contribution in [2.75, 3.05) is 49.8 Å². The minimum absolute atomic E-state index is 0.154. The lowest BCUT2D eigenvalue weighted by Gasteiger charge is -2.31. The van der Waals surface area contributed by atoms with Crippen molar-refractivity contribution < 1.29 is 14.3 Å². The highest BCUT2D eigenvalue weighted by Crippen LogP contribution is 2.42. The largest absolute Gasteiger partial charge is 0.489 e. The van der Waals surface area contributed by atoms with Gasteiger partial charge in [-0.2, -0.15) is 0 Å². The fourth-order valence-corrected chi connectivity index (χ4v) is 4.30. The lowest BCUT2D eigenvalue weighted by Crippen LogP contribution is -2.35. The van der Waals surface area contributed by atoms with Gasteiger partial charge in [-0.3, -0.25) is 4.90 Å². The van der Waals surface area contributed by atoms with Crippen LogP contribution in [0.3, 0.4) is 0 Å². The van der Waals surface area contributed by atoms with E-state index in [0.29, 0.717) is 24.9 Å². The molecule has 2 aliphatic rings. The molecule has 1 aromatic heterocycles. The number of carbonyl (C=O) groups excluding carboxylic acids is 1. The molecule has 7 nitrogen and oxygen atoms in total. The van der Waals surface area contributed by atoms with Crippen LogP contribution in [-0.2, 0) is 4.74 Å². The molecule has 4 rings (SSSR count). The summed E-state index contributed by atoms with van der Waals surface area (Å²) in [4.78, 5) is 21.0. The van der Waals surface area contributed by atoms with Crippen LogP contribution >= 0.6 is 11.3 Å². The number of fused-ring (bicyclic) bond motifs is 3. The third-order valence-corrected chi connectivity index (χ3v) is 5.50. The summed E-state index contributed by atoms with van der Waals surface area (Å²) in [5, 5.41) is 3.51. The monoisotopic (exact) mass is 372 g/mol. The van der Waals surface area contributed by atoms with Crippen LogP contribution in [-0.4, -0.2) is 57.0 Å². The molecule has 0 radical (unpaired) electrons. The van der Waals surface area contributed by atoms with E-state index in [1.165, 1.54) is 11.3 Å². The molecular weight excluding hydrogens is 352 g/mol. The number of hydrogen-bond acceptors (Lipinski definition) is 6. The molecule has 1 fully saturated rings. The van der Waals surface area contributed by atoms with Crippen molar-refractivity contribution in [3.8, 4) is 17.6 Å². The molecule has 1 aromatic carbocycles. The molecule has 1 atom stereocenters. The Morgan fingerprint density at radius 1 is 1.50 bits per heavy atom. The Bertz CT molecular complexity index is 901. The topological polar surface area (TPSA) is 66.9 Å². The maximum atomic E-state index is 12.3. The zero-order valence-electron chi connectivity index (χ0n) is 14.7. The number of anilines is 2. The van der Waals surface area contributed by atoms with Gasteiger partial charge in [0.15, 0.2) is 5.13 Å². The summed E-state index contributed by atoms with van der Waals surface area (Å²) >= 11 is 1.50. The lowest BCUT2D eigenvalue weighted by molar-refractivity contribution is 0.201. The Morgan fingerprint density at radius 2 is 2.38 bits per heavy atom. The molecule has 8 heteroatoms. The number of aromatic nitrogens is 1. The smallest absolute Gasteiger partial charge is 0.324 e. The molecule has 1 N–H and O–H groups in total. The summed E-state index contributed by atoms with van der Waals surface area (Å²) in [6.45, 7) is 5.12. The van der Waals surface area contributed by atoms with Gasteiger partial charge in [0, 0.05) is 13.7 Å². The summed E-state index contributed by atoms with van der Waals surface area (Å²) in [5.74, 6) is 6.80. The Kier molecular flexibility index (Phi) is 4.57. The molecule has 26 heavy (non-hydrogen) atoms. The van der Waals surface area contributed by atoms with Crippen LogP contribution in [0.5, 0.6) is 5.75 Å². The first-order chi connectivity index (χ1) is 12.7. The van der Waals surface area contributed by atoms with E-state index in [1.807, 2.05) is 12.1 Å². The van der Waals surface area contributed by atoms with Crippen molar-refractivity contribution in [1.82, 2.24) is 10.3 Å². The summed E-state index contributed by atoms with van der Waals surface area (Å²) < 4.78 is 12.1. The van der Waals surface area contributed by atoms with Gasteiger partial charge in [0.05, 0.1) is 24.4 Å². The quantitative estimate of drug-likeness (QED) is 0.833. The number of hydrogen-bond donors (Lipinski definition) is 1. The van der Waals surface area contributed by atoms with Gasteiger partial charge in [-0.25, -0.2) is 9.78 Å². The van der Waals surface area contributed by atoms with Crippen LogP contribution in [0.25, 0.3) is 10.2 Å². The van der Waals surface area contributed by atoms with E-state index in [4.69, 9.17) is 14.5 Å². The summed E-state index contributed by atoms with van der Waals surface area (Å²) in [6, 6.07) is 3.64. The van der Waals surface area contributed by atoms with Crippen molar-refractivity contribution in [2.24, 2.45) is 0 Å². The van der Waals surface area contributed by atoms with E-state index in [9.17, 15) is 4.79 Å². The van der Waals surface area contributed by atoms with E-state index in [0.717, 1.165) is 34.7 Å². The van der Waals surface area contributed by atoms with Crippen LogP contribution in [0, 0.1) is 11.8 Å². The number of nitrogens with zero attached hydrogens (tertiary/aromatic N) is 3. The molecule has 136 valence electrons. The van der Waals surface area contributed by atoms with E-state index >= 15 is 0 Å². The molecule has 0 aliphatic carbocycles. The Balaban J connectivity index is 1.78. The van der Waals surface area contributed by atoms with E-state index in [1.54, 1.807) is 18.9 Å². The predicted octanol–water partition coefficient (Wildman–Crippen LogP) is 2.06. The van der Waals surface area contributed by atoms with Crippen LogP contribution < -0.4 is 19.9 Å². The van der Waals surface area contributed by atoms with Gasteiger partial charge in [0.2, 0.25) is 0 Å². The molecule has 1 saturated heterocycles. The highest BCUT2D eigenvalue weighted by Gasteiger charge is 2.34. The molecular formula is C18H20N4O3S. The normalized spacial score (nSPS) is 19.0. The third-order valence-electron chi connectivity index (χ3n) is 4.48. The summed E-state index contributed by atoms with van der Waals surface area (Å²) in [6.07, 6.45) is 0. The zero-order valence-corrected chi connectivity index (χ0v) is 15.6. The predicted molar refractivity (Wildman–Crippen MR) is 102 cm³/mol. The molecule has 2 aromatic rings. The van der Waals surface area contributed by atoms with Gasteiger partial charge in [-0.1, -0.05) is 17.3 Å². The highest BCUT2D eigenvalue weighted by molar-refractivity contribution is 7.22. The second-order valence-corrected chi connectivity index (χ2v) is 7.06. The first-order valence-corrected chi connectivity index (χ1v) is 9.34. The molecule has 2 amide bonds. The maximum absolute atomic E-state index is 12.3. The second kappa shape index (κ2) is 7.02. The average Bonchev–Trinajstić information content (AvgIpc) is 3.23. The minimum Gasteiger partial charge on any atom is -0.489 e. The Hall–Kier alpha value is -2.50. The van der Waals surface area contributed by atoms with Crippen LogP contribution in [0.2, 0.25) is 0 Å². The molecule has 0 bridgehead atoms. The minimum atomic E-state index is -0.190. The number of thiazole rings is 1. The second-order valence-electron chi connectivity index (χ2n) is 6.05. The Labute approximate surface area is 155 Å². The van der Waals surface area contributed by atoms with Gasteiger partial charge < -0.3 is 19.7 Å². The first kappa shape index (κ1) is 16.9. The van der Waals surface area contributed by atoms with E-state index in [2.05, 4.69) is 22.1 Å². The Morgan fingerprint density at radius 3 is 3.19 bits per heavy atom. The number of benzene rings is 1. The fourth-order valence-electron chi connectivity index (χ4n) is 3.28. The fraction of sp³-hybridized carbons (Fsp3) is 0.444. The highest BCUT2D eigenvalue weighted by atomic mass is 32.1. The molecule has 0 unspecified atom stereocenters. The number of amides is 2. The number of ether oxygens (including phenoxy) is 2. The number of methoxy groups -OCH3 is 1.